The van der Waals surface area contributed by atoms with E-state index in [1.54, 1.807) is 12.1 Å². The molecular weight excluding hydrogens is 418 g/mol. The van der Waals surface area contributed by atoms with E-state index in [-0.39, 0.29) is 33.6 Å². The van der Waals surface area contributed by atoms with Crippen molar-refractivity contribution in [3.8, 4) is 17.2 Å². The van der Waals surface area contributed by atoms with Crippen molar-refractivity contribution in [2.24, 2.45) is 16.1 Å². The van der Waals surface area contributed by atoms with Crippen LogP contribution in [0.25, 0.3) is 11.5 Å². The monoisotopic (exact) mass is 435 g/mol. The molecule has 0 saturated carbocycles. The van der Waals surface area contributed by atoms with E-state index in [0.29, 0.717) is 11.5 Å². The fourth-order valence-electron chi connectivity index (χ4n) is 2.73. The second-order valence-corrected chi connectivity index (χ2v) is 8.32. The molecule has 2 heterocycles. The Morgan fingerprint density at radius 2 is 2.00 bits per heavy atom. The maximum Gasteiger partial charge on any atom is 0.268 e. The van der Waals surface area contributed by atoms with E-state index >= 15 is 0 Å². The molecule has 3 aromatic rings. The number of nitrogens with two attached hydrogens (primary N) is 1. The third-order valence-corrected chi connectivity index (χ3v) is 6.12. The highest BCUT2D eigenvalue weighted by atomic mass is 35.5. The van der Waals surface area contributed by atoms with Gasteiger partial charge in [-0.15, -0.1) is 5.10 Å². The molecule has 0 aliphatic rings. The van der Waals surface area contributed by atoms with Crippen LogP contribution in [-0.2, 0) is 16.4 Å². The van der Waals surface area contributed by atoms with E-state index < -0.39 is 10.0 Å². The number of methoxy groups -OCH3 is 1. The average molecular weight is 436 g/mol. The molecule has 0 aliphatic heterocycles. The molecule has 3 rings (SSSR count). The molecule has 9 nitrogen and oxygen atoms in total. The van der Waals surface area contributed by atoms with Gasteiger partial charge >= 0.3 is 0 Å². The summed E-state index contributed by atoms with van der Waals surface area (Å²) in [5, 5.41) is 6.49. The summed E-state index contributed by atoms with van der Waals surface area (Å²) in [6, 6.07) is 9.46. The number of rotatable bonds is 7. The van der Waals surface area contributed by atoms with Gasteiger partial charge in [-0.05, 0) is 25.1 Å². The zero-order valence-electron chi connectivity index (χ0n) is 15.6. The molecule has 1 aromatic carbocycles. The Kier molecular flexibility index (Phi) is 5.76. The Bertz CT molecular complexity index is 1180. The topological polar surface area (TPSA) is 136 Å². The van der Waals surface area contributed by atoms with Crippen LogP contribution in [0.5, 0.6) is 5.75 Å². The fraction of sp³-hybridized carbons (Fsp3) is 0.167. The molecule has 0 atom stereocenters. The summed E-state index contributed by atoms with van der Waals surface area (Å²) in [7, 11) is -2.48. The zero-order valence-corrected chi connectivity index (χ0v) is 17.2. The molecule has 0 unspecified atom stereocenters. The van der Waals surface area contributed by atoms with E-state index in [1.807, 2.05) is 6.92 Å². The first-order valence-corrected chi connectivity index (χ1v) is 10.1. The lowest BCUT2D eigenvalue weighted by Gasteiger charge is -2.10. The van der Waals surface area contributed by atoms with Gasteiger partial charge in [0.25, 0.3) is 10.0 Å². The van der Waals surface area contributed by atoms with Crippen molar-refractivity contribution in [3.05, 3.63) is 58.9 Å². The van der Waals surface area contributed by atoms with Crippen molar-refractivity contribution in [1.29, 1.82) is 5.53 Å². The number of furan rings is 1. The van der Waals surface area contributed by atoms with Crippen molar-refractivity contribution in [3.63, 3.8) is 0 Å². The normalized spacial score (nSPS) is 12.2. The molecule has 0 amide bonds. The van der Waals surface area contributed by atoms with Crippen LogP contribution in [0.2, 0.25) is 5.02 Å². The minimum atomic E-state index is -3.91. The number of hydrogen-bond acceptors (Lipinski definition) is 6. The molecule has 11 heteroatoms. The van der Waals surface area contributed by atoms with Crippen molar-refractivity contribution >= 4 is 27.5 Å². The third-order valence-electron chi connectivity index (χ3n) is 4.12. The molecule has 2 aromatic heterocycles. The number of nitrogens with zero attached hydrogens (tertiary/aromatic N) is 3. The van der Waals surface area contributed by atoms with Gasteiger partial charge in [0.05, 0.1) is 23.4 Å². The fourth-order valence-corrected chi connectivity index (χ4v) is 4.38. The quantitative estimate of drug-likeness (QED) is 0.251. The van der Waals surface area contributed by atoms with Gasteiger partial charge in [0.2, 0.25) is 0 Å². The molecular formula is C18H18ClN5O4S. The van der Waals surface area contributed by atoms with Crippen LogP contribution >= 0.6 is 11.6 Å². The summed E-state index contributed by atoms with van der Waals surface area (Å²) in [6.07, 6.45) is 1.38. The summed E-state index contributed by atoms with van der Waals surface area (Å²) in [4.78, 5) is 0.115. The predicted molar refractivity (Wildman–Crippen MR) is 108 cm³/mol. The maximum atomic E-state index is 13.1. The summed E-state index contributed by atoms with van der Waals surface area (Å²) >= 11 is 6.28. The second-order valence-electron chi connectivity index (χ2n) is 6.10. The first-order valence-electron chi connectivity index (χ1n) is 8.33. The first-order chi connectivity index (χ1) is 13.8. The second kappa shape index (κ2) is 8.10. The molecule has 0 spiro atoms. The SMILES string of the molecule is COc1cc(-c2c(Cl)ccn2S(=O)(=O)c2ccc(C)cc2)oc1CC(N)=NN=N. The molecule has 0 saturated heterocycles. The van der Waals surface area contributed by atoms with Crippen LogP contribution in [0.3, 0.4) is 0 Å². The summed E-state index contributed by atoms with van der Waals surface area (Å²) in [5.74, 6) is 0.842. The predicted octanol–water partition coefficient (Wildman–Crippen LogP) is 3.80. The van der Waals surface area contributed by atoms with Gasteiger partial charge in [0.15, 0.2) is 17.3 Å². The minimum Gasteiger partial charge on any atom is -0.493 e. The Morgan fingerprint density at radius 1 is 1.31 bits per heavy atom. The lowest BCUT2D eigenvalue weighted by atomic mass is 10.2. The van der Waals surface area contributed by atoms with Crippen molar-refractivity contribution < 1.29 is 17.6 Å². The van der Waals surface area contributed by atoms with Gasteiger partial charge in [0.1, 0.15) is 11.5 Å². The van der Waals surface area contributed by atoms with Crippen LogP contribution in [0.1, 0.15) is 11.3 Å². The smallest absolute Gasteiger partial charge is 0.268 e. The number of aryl methyl sites for hydroxylation is 1. The van der Waals surface area contributed by atoms with Crippen molar-refractivity contribution in [2.75, 3.05) is 7.11 Å². The van der Waals surface area contributed by atoms with Gasteiger partial charge < -0.3 is 14.9 Å². The lowest BCUT2D eigenvalue weighted by Crippen LogP contribution is -2.14. The Labute approximate surface area is 172 Å². The number of halogens is 1. The van der Waals surface area contributed by atoms with Gasteiger partial charge in [-0.25, -0.2) is 12.4 Å². The zero-order chi connectivity index (χ0) is 21.2. The lowest BCUT2D eigenvalue weighted by molar-refractivity contribution is 0.396. The highest BCUT2D eigenvalue weighted by Gasteiger charge is 2.26. The van der Waals surface area contributed by atoms with E-state index in [9.17, 15) is 8.42 Å². The molecule has 0 radical (unpaired) electrons. The van der Waals surface area contributed by atoms with Crippen LogP contribution in [-0.4, -0.2) is 25.3 Å². The van der Waals surface area contributed by atoms with Crippen LogP contribution in [0.4, 0.5) is 0 Å². The van der Waals surface area contributed by atoms with Crippen LogP contribution in [0, 0.1) is 12.5 Å². The molecule has 3 N–H and O–H groups in total. The Balaban J connectivity index is 2.11. The van der Waals surface area contributed by atoms with E-state index in [1.165, 1.54) is 37.6 Å². The van der Waals surface area contributed by atoms with Gasteiger partial charge in [0, 0.05) is 12.3 Å². The molecule has 152 valence electrons. The number of nitrogens with one attached hydrogen (secondary N) is 1. The van der Waals surface area contributed by atoms with Crippen LogP contribution in [0.15, 0.2) is 62.2 Å². The number of aromatic nitrogens is 1. The Morgan fingerprint density at radius 3 is 2.62 bits per heavy atom. The minimum absolute atomic E-state index is 0.0224. The number of benzene rings is 1. The molecule has 0 aliphatic carbocycles. The number of amidine groups is 1. The average Bonchev–Trinajstić information content (AvgIpc) is 3.25. The number of hydrogen-bond donors (Lipinski definition) is 2. The molecule has 0 bridgehead atoms. The van der Waals surface area contributed by atoms with Crippen molar-refractivity contribution in [1.82, 2.24) is 3.97 Å². The largest absolute Gasteiger partial charge is 0.493 e. The summed E-state index contributed by atoms with van der Waals surface area (Å²) in [6.45, 7) is 1.87. The van der Waals surface area contributed by atoms with Crippen LogP contribution < -0.4 is 10.5 Å². The highest BCUT2D eigenvalue weighted by Crippen LogP contribution is 2.37. The number of ether oxygens (including phenoxy) is 1. The summed E-state index contributed by atoms with van der Waals surface area (Å²) in [5.41, 5.74) is 13.5. The van der Waals surface area contributed by atoms with E-state index in [2.05, 4.69) is 10.3 Å². The van der Waals surface area contributed by atoms with Gasteiger partial charge in [-0.2, -0.15) is 5.53 Å². The molecule has 0 fully saturated rings. The molecule has 29 heavy (non-hydrogen) atoms. The summed E-state index contributed by atoms with van der Waals surface area (Å²) < 4.78 is 38.4. The van der Waals surface area contributed by atoms with E-state index in [0.717, 1.165) is 9.54 Å². The van der Waals surface area contributed by atoms with E-state index in [4.69, 9.17) is 32.0 Å². The Hall–Kier alpha value is -3.11. The highest BCUT2D eigenvalue weighted by molar-refractivity contribution is 7.90. The van der Waals surface area contributed by atoms with Gasteiger partial charge in [-0.1, -0.05) is 34.5 Å². The third kappa shape index (κ3) is 4.03. The first kappa shape index (κ1) is 20.6. The standard InChI is InChI=1S/C18H18ClN5O4S/c1-11-3-5-12(6-4-11)29(25,26)24-8-7-13(19)18(24)16-9-14(27-2)15(28-16)10-17(20)22-23-21/h3-9H,10H2,1-2H3,(H3,20,21,22). The van der Waals surface area contributed by atoms with Gasteiger partial charge in [-0.3, -0.25) is 0 Å². The maximum absolute atomic E-state index is 13.1. The van der Waals surface area contributed by atoms with Crippen molar-refractivity contribution in [2.45, 2.75) is 18.2 Å².